The number of hydrogen-bond acceptors (Lipinski definition) is 6. The number of benzene rings is 1. The molecule has 7 heteroatoms. The van der Waals surface area contributed by atoms with Crippen molar-refractivity contribution in [2.75, 3.05) is 13.2 Å². The summed E-state index contributed by atoms with van der Waals surface area (Å²) in [5.41, 5.74) is 1.36. The first-order valence-corrected chi connectivity index (χ1v) is 11.5. The minimum Gasteiger partial charge on any atom is -0.483 e. The van der Waals surface area contributed by atoms with E-state index in [4.69, 9.17) is 14.2 Å². The lowest BCUT2D eigenvalue weighted by Crippen LogP contribution is -2.28. The molecule has 0 aliphatic carbocycles. The Labute approximate surface area is 185 Å². The molecule has 0 spiro atoms. The van der Waals surface area contributed by atoms with Crippen molar-refractivity contribution >= 4 is 11.3 Å². The Morgan fingerprint density at radius 1 is 1.16 bits per heavy atom. The molecule has 1 saturated heterocycles. The second-order valence-electron chi connectivity index (χ2n) is 7.41. The van der Waals surface area contributed by atoms with Crippen LogP contribution >= 0.6 is 11.3 Å². The SMILES string of the molecule is O=c1ccn(CCO)c(C(OC2CCCCO2)c2cccs2)c1OCc1ccccc1. The van der Waals surface area contributed by atoms with Gasteiger partial charge in [0, 0.05) is 30.3 Å². The van der Waals surface area contributed by atoms with E-state index in [0.29, 0.717) is 18.8 Å². The Morgan fingerprint density at radius 3 is 2.74 bits per heavy atom. The number of nitrogens with zero attached hydrogens (tertiary/aromatic N) is 1. The minimum atomic E-state index is -0.533. The highest BCUT2D eigenvalue weighted by atomic mass is 32.1. The summed E-state index contributed by atoms with van der Waals surface area (Å²) in [7, 11) is 0. The zero-order valence-corrected chi connectivity index (χ0v) is 18.1. The van der Waals surface area contributed by atoms with E-state index in [1.807, 2.05) is 52.4 Å². The van der Waals surface area contributed by atoms with E-state index in [1.54, 1.807) is 17.5 Å². The monoisotopic (exact) mass is 441 g/mol. The largest absolute Gasteiger partial charge is 0.483 e. The van der Waals surface area contributed by atoms with E-state index in [2.05, 4.69) is 0 Å². The second-order valence-corrected chi connectivity index (χ2v) is 8.39. The topological polar surface area (TPSA) is 69.9 Å². The van der Waals surface area contributed by atoms with Crippen LogP contribution in [-0.4, -0.2) is 29.2 Å². The second kappa shape index (κ2) is 10.7. The first kappa shape index (κ1) is 21.8. The van der Waals surface area contributed by atoms with Gasteiger partial charge in [0.25, 0.3) is 0 Å². The van der Waals surface area contributed by atoms with Crippen molar-refractivity contribution in [3.05, 3.63) is 86.5 Å². The lowest BCUT2D eigenvalue weighted by Gasteiger charge is -2.30. The highest BCUT2D eigenvalue weighted by molar-refractivity contribution is 7.10. The van der Waals surface area contributed by atoms with Gasteiger partial charge in [-0.05, 0) is 36.3 Å². The van der Waals surface area contributed by atoms with Crippen molar-refractivity contribution in [2.24, 2.45) is 0 Å². The molecule has 1 aliphatic rings. The Bertz CT molecular complexity index is 997. The van der Waals surface area contributed by atoms with Crippen molar-refractivity contribution in [1.29, 1.82) is 0 Å². The Hall–Kier alpha value is -2.45. The van der Waals surface area contributed by atoms with Crippen LogP contribution in [0.5, 0.6) is 5.75 Å². The average molecular weight is 442 g/mol. The fourth-order valence-corrected chi connectivity index (χ4v) is 4.46. The third-order valence-corrected chi connectivity index (χ3v) is 6.13. The van der Waals surface area contributed by atoms with Gasteiger partial charge >= 0.3 is 0 Å². The molecular formula is C24H27NO5S. The zero-order chi connectivity index (χ0) is 21.5. The molecule has 31 heavy (non-hydrogen) atoms. The van der Waals surface area contributed by atoms with Gasteiger partial charge in [0.15, 0.2) is 12.0 Å². The normalized spacial score (nSPS) is 17.4. The molecule has 3 aromatic rings. The maximum atomic E-state index is 12.9. The van der Waals surface area contributed by atoms with Gasteiger partial charge in [-0.15, -0.1) is 11.3 Å². The van der Waals surface area contributed by atoms with Crippen LogP contribution in [-0.2, 0) is 22.6 Å². The lowest BCUT2D eigenvalue weighted by atomic mass is 10.1. The summed E-state index contributed by atoms with van der Waals surface area (Å²) in [4.78, 5) is 13.9. The van der Waals surface area contributed by atoms with Gasteiger partial charge in [-0.2, -0.15) is 0 Å². The quantitative estimate of drug-likeness (QED) is 0.541. The van der Waals surface area contributed by atoms with Crippen molar-refractivity contribution in [3.63, 3.8) is 0 Å². The number of pyridine rings is 1. The molecule has 2 aromatic heterocycles. The molecule has 0 amide bonds. The van der Waals surface area contributed by atoms with Crippen LogP contribution in [0, 0.1) is 0 Å². The van der Waals surface area contributed by atoms with E-state index in [-0.39, 0.29) is 30.7 Å². The lowest BCUT2D eigenvalue weighted by molar-refractivity contribution is -0.182. The zero-order valence-electron chi connectivity index (χ0n) is 17.3. The van der Waals surface area contributed by atoms with Crippen LogP contribution in [0.15, 0.2) is 64.9 Å². The molecular weight excluding hydrogens is 414 g/mol. The molecule has 0 saturated carbocycles. The van der Waals surface area contributed by atoms with Gasteiger partial charge < -0.3 is 23.9 Å². The Morgan fingerprint density at radius 2 is 2.03 bits per heavy atom. The van der Waals surface area contributed by atoms with Crippen molar-refractivity contribution < 1.29 is 19.3 Å². The molecule has 2 atom stereocenters. The van der Waals surface area contributed by atoms with Gasteiger partial charge in [-0.1, -0.05) is 36.4 Å². The van der Waals surface area contributed by atoms with Crippen LogP contribution in [0.3, 0.4) is 0 Å². The molecule has 1 N–H and O–H groups in total. The Balaban J connectivity index is 1.74. The standard InChI is InChI=1S/C24H27NO5S/c26-14-13-25-12-11-19(27)23(29-17-18-7-2-1-3-8-18)22(25)24(20-9-6-16-31-20)30-21-10-4-5-15-28-21/h1-3,6-9,11-12,16,21,24,26H,4-5,10,13-15,17H2. The van der Waals surface area contributed by atoms with Gasteiger partial charge in [-0.3, -0.25) is 4.79 Å². The number of ether oxygens (including phenoxy) is 3. The first-order chi connectivity index (χ1) is 15.3. The first-order valence-electron chi connectivity index (χ1n) is 10.6. The molecule has 0 radical (unpaired) electrons. The molecule has 1 fully saturated rings. The fraction of sp³-hybridized carbons (Fsp3) is 0.375. The van der Waals surface area contributed by atoms with Crippen molar-refractivity contribution in [3.8, 4) is 5.75 Å². The molecule has 2 unspecified atom stereocenters. The molecule has 4 rings (SSSR count). The van der Waals surface area contributed by atoms with Crippen LogP contribution in [0.2, 0.25) is 0 Å². The van der Waals surface area contributed by atoms with Crippen LogP contribution in [0.4, 0.5) is 0 Å². The van der Waals surface area contributed by atoms with Crippen LogP contribution in [0.1, 0.15) is 41.5 Å². The Kier molecular flexibility index (Phi) is 7.53. The molecule has 3 heterocycles. The van der Waals surface area contributed by atoms with E-state index in [9.17, 15) is 9.90 Å². The summed E-state index contributed by atoms with van der Waals surface area (Å²) >= 11 is 1.56. The molecule has 1 aromatic carbocycles. The minimum absolute atomic E-state index is 0.0644. The maximum absolute atomic E-state index is 12.9. The number of aliphatic hydroxyl groups excluding tert-OH is 1. The number of rotatable bonds is 9. The third kappa shape index (κ3) is 5.43. The predicted octanol–water partition coefficient (Wildman–Crippen LogP) is 4.11. The van der Waals surface area contributed by atoms with Crippen LogP contribution in [0.25, 0.3) is 0 Å². The van der Waals surface area contributed by atoms with Gasteiger partial charge in [-0.25, -0.2) is 0 Å². The third-order valence-electron chi connectivity index (χ3n) is 5.21. The van der Waals surface area contributed by atoms with Gasteiger partial charge in [0.2, 0.25) is 5.43 Å². The summed E-state index contributed by atoms with van der Waals surface area (Å²) < 4.78 is 20.2. The summed E-state index contributed by atoms with van der Waals surface area (Å²) in [5.74, 6) is 0.244. The molecule has 6 nitrogen and oxygen atoms in total. The number of hydrogen-bond donors (Lipinski definition) is 1. The van der Waals surface area contributed by atoms with E-state index >= 15 is 0 Å². The smallest absolute Gasteiger partial charge is 0.223 e. The molecule has 0 bridgehead atoms. The van der Waals surface area contributed by atoms with E-state index in [1.165, 1.54) is 6.07 Å². The number of aliphatic hydroxyl groups is 1. The summed E-state index contributed by atoms with van der Waals surface area (Å²) in [6.45, 7) is 1.19. The number of aromatic nitrogens is 1. The predicted molar refractivity (Wildman–Crippen MR) is 119 cm³/mol. The molecule has 164 valence electrons. The average Bonchev–Trinajstić information content (AvgIpc) is 3.34. The maximum Gasteiger partial charge on any atom is 0.223 e. The number of thiophene rings is 1. The summed E-state index contributed by atoms with van der Waals surface area (Å²) in [6.07, 6.45) is 3.68. The van der Waals surface area contributed by atoms with Gasteiger partial charge in [0.05, 0.1) is 12.3 Å². The fourth-order valence-electron chi connectivity index (χ4n) is 3.69. The molecule has 1 aliphatic heterocycles. The summed E-state index contributed by atoms with van der Waals surface area (Å²) in [6, 6.07) is 15.1. The van der Waals surface area contributed by atoms with Gasteiger partial charge in [0.1, 0.15) is 12.7 Å². The van der Waals surface area contributed by atoms with Crippen molar-refractivity contribution in [1.82, 2.24) is 4.57 Å². The highest BCUT2D eigenvalue weighted by Gasteiger charge is 2.29. The van der Waals surface area contributed by atoms with Crippen molar-refractivity contribution in [2.45, 2.75) is 44.8 Å². The van der Waals surface area contributed by atoms with Crippen LogP contribution < -0.4 is 10.2 Å². The van der Waals surface area contributed by atoms with E-state index < -0.39 is 6.10 Å². The summed E-state index contributed by atoms with van der Waals surface area (Å²) in [5, 5.41) is 11.6. The van der Waals surface area contributed by atoms with E-state index in [0.717, 1.165) is 29.7 Å². The highest BCUT2D eigenvalue weighted by Crippen LogP contribution is 2.36.